The van der Waals surface area contributed by atoms with Gasteiger partial charge in [0.2, 0.25) is 10.0 Å². The van der Waals surface area contributed by atoms with Gasteiger partial charge in [0.25, 0.3) is 0 Å². The second-order valence-electron chi connectivity index (χ2n) is 5.01. The maximum Gasteiger partial charge on any atom is 0.243 e. The Labute approximate surface area is 120 Å². The fraction of sp³-hybridized carbons (Fsp3) is 0.571. The predicted octanol–water partition coefficient (Wildman–Crippen LogP) is 0.895. The Morgan fingerprint density at radius 3 is 2.40 bits per heavy atom. The van der Waals surface area contributed by atoms with Crippen LogP contribution in [-0.2, 0) is 16.6 Å². The van der Waals surface area contributed by atoms with E-state index in [-0.39, 0.29) is 11.5 Å². The van der Waals surface area contributed by atoms with Gasteiger partial charge in [-0.05, 0) is 24.6 Å². The smallest absolute Gasteiger partial charge is 0.243 e. The third-order valence-electron chi connectivity index (χ3n) is 3.63. The van der Waals surface area contributed by atoms with Gasteiger partial charge in [0.05, 0.1) is 11.5 Å². The first kappa shape index (κ1) is 15.4. The van der Waals surface area contributed by atoms with Crippen LogP contribution in [0.15, 0.2) is 29.2 Å². The average Bonchev–Trinajstić information content (AvgIpc) is 2.48. The van der Waals surface area contributed by atoms with Crippen molar-refractivity contribution in [2.45, 2.75) is 24.8 Å². The number of aliphatic hydroxyl groups excluding tert-OH is 1. The number of benzene rings is 1. The zero-order chi connectivity index (χ0) is 14.6. The van der Waals surface area contributed by atoms with E-state index in [2.05, 4.69) is 11.8 Å². The molecule has 2 rings (SSSR count). The first-order chi connectivity index (χ1) is 9.59. The minimum atomic E-state index is -3.50. The molecule has 112 valence electrons. The van der Waals surface area contributed by atoms with Crippen molar-refractivity contribution in [1.29, 1.82) is 0 Å². The molecule has 1 aromatic carbocycles. The third-order valence-corrected chi connectivity index (χ3v) is 5.63. The summed E-state index contributed by atoms with van der Waals surface area (Å²) in [5.41, 5.74) is 0.462. The lowest BCUT2D eigenvalue weighted by atomic mass is 10.2. The summed E-state index contributed by atoms with van der Waals surface area (Å²) in [6.07, 6.45) is 1.08. The molecule has 1 aromatic rings. The van der Waals surface area contributed by atoms with Crippen LogP contribution in [0, 0.1) is 0 Å². The second-order valence-corrected chi connectivity index (χ2v) is 6.92. The fourth-order valence-electron chi connectivity index (χ4n) is 2.53. The summed E-state index contributed by atoms with van der Waals surface area (Å²) in [5, 5.41) is 9.30. The van der Waals surface area contributed by atoms with Gasteiger partial charge >= 0.3 is 0 Å². The SMILES string of the molecule is CCCN1CCN(S(=O)(=O)c2ccccc2CO)CC1. The van der Waals surface area contributed by atoms with E-state index >= 15 is 0 Å². The number of hydrogen-bond acceptors (Lipinski definition) is 4. The molecule has 0 bridgehead atoms. The maximum atomic E-state index is 12.6. The minimum absolute atomic E-state index is 0.228. The molecule has 1 fully saturated rings. The number of piperazine rings is 1. The maximum absolute atomic E-state index is 12.6. The van der Waals surface area contributed by atoms with Crippen LogP contribution in [-0.4, -0.2) is 55.5 Å². The number of aliphatic hydroxyl groups is 1. The number of hydrogen-bond donors (Lipinski definition) is 1. The van der Waals surface area contributed by atoms with Crippen LogP contribution >= 0.6 is 0 Å². The van der Waals surface area contributed by atoms with Crippen molar-refractivity contribution in [2.75, 3.05) is 32.7 Å². The van der Waals surface area contributed by atoms with E-state index in [1.54, 1.807) is 24.3 Å². The number of sulfonamides is 1. The molecule has 5 nitrogen and oxygen atoms in total. The summed E-state index contributed by atoms with van der Waals surface area (Å²) >= 11 is 0. The molecule has 0 atom stereocenters. The molecule has 0 aromatic heterocycles. The predicted molar refractivity (Wildman–Crippen MR) is 77.9 cm³/mol. The van der Waals surface area contributed by atoms with Crippen molar-refractivity contribution in [2.24, 2.45) is 0 Å². The quantitative estimate of drug-likeness (QED) is 0.877. The van der Waals surface area contributed by atoms with Gasteiger partial charge in [-0.15, -0.1) is 0 Å². The van der Waals surface area contributed by atoms with Crippen molar-refractivity contribution < 1.29 is 13.5 Å². The van der Waals surface area contributed by atoms with Gasteiger partial charge in [0.1, 0.15) is 0 Å². The third kappa shape index (κ3) is 3.20. The van der Waals surface area contributed by atoms with E-state index in [9.17, 15) is 13.5 Å². The monoisotopic (exact) mass is 298 g/mol. The largest absolute Gasteiger partial charge is 0.392 e. The van der Waals surface area contributed by atoms with Crippen LogP contribution in [0.3, 0.4) is 0 Å². The molecule has 0 aliphatic carbocycles. The van der Waals surface area contributed by atoms with Gasteiger partial charge in [0.15, 0.2) is 0 Å². The topological polar surface area (TPSA) is 60.9 Å². The van der Waals surface area contributed by atoms with E-state index in [4.69, 9.17) is 0 Å². The highest BCUT2D eigenvalue weighted by Crippen LogP contribution is 2.21. The summed E-state index contributed by atoms with van der Waals surface area (Å²) < 4.78 is 26.8. The Hall–Kier alpha value is -0.950. The second kappa shape index (κ2) is 6.67. The molecule has 1 heterocycles. The highest BCUT2D eigenvalue weighted by atomic mass is 32.2. The Kier molecular flexibility index (Phi) is 5.15. The van der Waals surface area contributed by atoms with Crippen molar-refractivity contribution in [1.82, 2.24) is 9.21 Å². The molecule has 0 radical (unpaired) electrons. The van der Waals surface area contributed by atoms with E-state index in [0.29, 0.717) is 18.7 Å². The van der Waals surface area contributed by atoms with Gasteiger partial charge in [-0.1, -0.05) is 25.1 Å². The lowest BCUT2D eigenvalue weighted by Gasteiger charge is -2.34. The van der Waals surface area contributed by atoms with Crippen LogP contribution in [0.4, 0.5) is 0 Å². The molecule has 20 heavy (non-hydrogen) atoms. The molecule has 1 aliphatic heterocycles. The van der Waals surface area contributed by atoms with Crippen molar-refractivity contribution in [3.05, 3.63) is 29.8 Å². The first-order valence-electron chi connectivity index (χ1n) is 7.01. The molecule has 0 amide bonds. The van der Waals surface area contributed by atoms with Crippen LogP contribution in [0.2, 0.25) is 0 Å². The van der Waals surface area contributed by atoms with Crippen LogP contribution in [0.5, 0.6) is 0 Å². The molecule has 0 spiro atoms. The summed E-state index contributed by atoms with van der Waals surface area (Å²) in [7, 11) is -3.50. The van der Waals surface area contributed by atoms with E-state index in [1.807, 2.05) is 0 Å². The van der Waals surface area contributed by atoms with E-state index in [0.717, 1.165) is 26.1 Å². The van der Waals surface area contributed by atoms with Crippen molar-refractivity contribution in [3.8, 4) is 0 Å². The summed E-state index contributed by atoms with van der Waals surface area (Å²) in [5.74, 6) is 0. The first-order valence-corrected chi connectivity index (χ1v) is 8.45. The lowest BCUT2D eigenvalue weighted by molar-refractivity contribution is 0.188. The standard InChI is InChI=1S/C14H22N2O3S/c1-2-7-15-8-10-16(11-9-15)20(18,19)14-6-4-3-5-13(14)12-17/h3-6,17H,2,7-12H2,1H3. The molecule has 0 saturated carbocycles. The average molecular weight is 298 g/mol. The Bertz CT molecular complexity index is 537. The van der Waals surface area contributed by atoms with Crippen LogP contribution < -0.4 is 0 Å². The summed E-state index contributed by atoms with van der Waals surface area (Å²) in [6, 6.07) is 6.66. The van der Waals surface area contributed by atoms with Gasteiger partial charge < -0.3 is 10.0 Å². The van der Waals surface area contributed by atoms with Crippen LogP contribution in [0.25, 0.3) is 0 Å². The molecular weight excluding hydrogens is 276 g/mol. The van der Waals surface area contributed by atoms with Gasteiger partial charge in [0, 0.05) is 26.2 Å². The fourth-order valence-corrected chi connectivity index (χ4v) is 4.17. The highest BCUT2D eigenvalue weighted by molar-refractivity contribution is 7.89. The van der Waals surface area contributed by atoms with E-state index in [1.165, 1.54) is 4.31 Å². The van der Waals surface area contributed by atoms with Crippen molar-refractivity contribution >= 4 is 10.0 Å². The molecule has 1 N–H and O–H groups in total. The van der Waals surface area contributed by atoms with Gasteiger partial charge in [-0.25, -0.2) is 8.42 Å². The molecule has 1 aliphatic rings. The molecule has 1 saturated heterocycles. The normalized spacial score (nSPS) is 18.3. The van der Waals surface area contributed by atoms with Crippen molar-refractivity contribution in [3.63, 3.8) is 0 Å². The number of nitrogens with zero attached hydrogens (tertiary/aromatic N) is 2. The zero-order valence-electron chi connectivity index (χ0n) is 11.8. The highest BCUT2D eigenvalue weighted by Gasteiger charge is 2.29. The Morgan fingerprint density at radius 2 is 1.80 bits per heavy atom. The minimum Gasteiger partial charge on any atom is -0.392 e. The molecule has 0 unspecified atom stereocenters. The van der Waals surface area contributed by atoms with Gasteiger partial charge in [-0.3, -0.25) is 0 Å². The lowest BCUT2D eigenvalue weighted by Crippen LogP contribution is -2.48. The van der Waals surface area contributed by atoms with Gasteiger partial charge in [-0.2, -0.15) is 4.31 Å². The zero-order valence-corrected chi connectivity index (χ0v) is 12.6. The molecular formula is C14H22N2O3S. The Morgan fingerprint density at radius 1 is 1.15 bits per heavy atom. The summed E-state index contributed by atoms with van der Waals surface area (Å²) in [4.78, 5) is 2.51. The summed E-state index contributed by atoms with van der Waals surface area (Å²) in [6.45, 7) is 5.46. The van der Waals surface area contributed by atoms with Crippen LogP contribution in [0.1, 0.15) is 18.9 Å². The van der Waals surface area contributed by atoms with E-state index < -0.39 is 10.0 Å². The number of rotatable bonds is 5. The molecule has 6 heteroatoms. The Balaban J connectivity index is 2.16.